The predicted molar refractivity (Wildman–Crippen MR) is 76.5 cm³/mol. The minimum atomic E-state index is 0.679. The summed E-state index contributed by atoms with van der Waals surface area (Å²) in [5.41, 5.74) is 3.06. The first-order chi connectivity index (χ1) is 9.90. The van der Waals surface area contributed by atoms with Gasteiger partial charge in [0.05, 0.1) is 16.9 Å². The van der Waals surface area contributed by atoms with Crippen LogP contribution in [-0.2, 0) is 6.54 Å². The highest BCUT2D eigenvalue weighted by Crippen LogP contribution is 2.23. The highest BCUT2D eigenvalue weighted by Gasteiger charge is 2.20. The number of rotatable bonds is 4. The van der Waals surface area contributed by atoms with Crippen LogP contribution in [0.4, 0.5) is 0 Å². The summed E-state index contributed by atoms with van der Waals surface area (Å²) in [4.78, 5) is 8.76. The van der Waals surface area contributed by atoms with Crippen molar-refractivity contribution in [2.75, 3.05) is 0 Å². The summed E-state index contributed by atoms with van der Waals surface area (Å²) in [6.07, 6.45) is 5.84. The third-order valence-corrected chi connectivity index (χ3v) is 3.56. The normalized spacial score (nSPS) is 14.8. The first-order valence-corrected chi connectivity index (χ1v) is 6.87. The van der Waals surface area contributed by atoms with Crippen LogP contribution in [0.2, 0.25) is 0 Å². The van der Waals surface area contributed by atoms with Crippen molar-refractivity contribution >= 4 is 10.9 Å². The van der Waals surface area contributed by atoms with Gasteiger partial charge in [-0.15, -0.1) is 0 Å². The van der Waals surface area contributed by atoms with E-state index in [0.717, 1.165) is 28.8 Å². The summed E-state index contributed by atoms with van der Waals surface area (Å²) < 4.78 is 1.80. The Morgan fingerprint density at radius 1 is 1.25 bits per heavy atom. The lowest BCUT2D eigenvalue weighted by Gasteiger charge is -2.09. The minimum Gasteiger partial charge on any atom is -0.308 e. The summed E-state index contributed by atoms with van der Waals surface area (Å²) in [6.45, 7) is 0.803. The van der Waals surface area contributed by atoms with Crippen molar-refractivity contribution in [3.8, 4) is 5.69 Å². The summed E-state index contributed by atoms with van der Waals surface area (Å²) >= 11 is 0. The van der Waals surface area contributed by atoms with Crippen molar-refractivity contribution in [1.82, 2.24) is 25.1 Å². The van der Waals surface area contributed by atoms with Crippen molar-refractivity contribution < 1.29 is 0 Å². The molecule has 0 spiro atoms. The Kier molecular flexibility index (Phi) is 2.70. The van der Waals surface area contributed by atoms with Gasteiger partial charge >= 0.3 is 0 Å². The van der Waals surface area contributed by atoms with Gasteiger partial charge in [0.1, 0.15) is 12.7 Å². The van der Waals surface area contributed by atoms with Gasteiger partial charge in [0.25, 0.3) is 0 Å². The van der Waals surface area contributed by atoms with Gasteiger partial charge in [0, 0.05) is 18.0 Å². The van der Waals surface area contributed by atoms with Crippen LogP contribution in [0.1, 0.15) is 18.5 Å². The van der Waals surface area contributed by atoms with E-state index in [4.69, 9.17) is 4.98 Å². The highest BCUT2D eigenvalue weighted by atomic mass is 15.3. The third kappa shape index (κ3) is 2.16. The van der Waals surface area contributed by atoms with Crippen LogP contribution in [0.5, 0.6) is 0 Å². The lowest BCUT2D eigenvalue weighted by Crippen LogP contribution is -2.16. The van der Waals surface area contributed by atoms with Crippen molar-refractivity contribution in [2.45, 2.75) is 25.4 Å². The molecule has 0 amide bonds. The molecule has 4 rings (SSSR count). The van der Waals surface area contributed by atoms with Crippen molar-refractivity contribution in [2.24, 2.45) is 0 Å². The molecule has 100 valence electrons. The van der Waals surface area contributed by atoms with Gasteiger partial charge in [0.2, 0.25) is 0 Å². The molecule has 20 heavy (non-hydrogen) atoms. The predicted octanol–water partition coefficient (Wildman–Crippen LogP) is 2.07. The largest absolute Gasteiger partial charge is 0.308 e. The summed E-state index contributed by atoms with van der Waals surface area (Å²) in [6, 6.07) is 10.9. The van der Waals surface area contributed by atoms with E-state index in [9.17, 15) is 0 Å². The third-order valence-electron chi connectivity index (χ3n) is 3.56. The van der Waals surface area contributed by atoms with Gasteiger partial charge in [-0.25, -0.2) is 9.67 Å². The molecule has 2 aromatic heterocycles. The standard InChI is InChI=1S/C15H15N5/c1-2-4-14-13(3-1)15(20-10-16-9-18-20)7-12(19-14)8-17-11-5-6-11/h1-4,7,9-11,17H,5-6,8H2. The zero-order valence-electron chi connectivity index (χ0n) is 11.0. The molecule has 5 heteroatoms. The fraction of sp³-hybridized carbons (Fsp3) is 0.267. The molecule has 0 unspecified atom stereocenters. The Bertz CT molecular complexity index is 731. The maximum Gasteiger partial charge on any atom is 0.138 e. The molecule has 0 atom stereocenters. The molecule has 0 aliphatic heterocycles. The van der Waals surface area contributed by atoms with Crippen LogP contribution < -0.4 is 5.32 Å². The zero-order chi connectivity index (χ0) is 13.4. The van der Waals surface area contributed by atoms with Crippen LogP contribution in [-0.4, -0.2) is 25.8 Å². The topological polar surface area (TPSA) is 55.6 Å². The highest BCUT2D eigenvalue weighted by molar-refractivity contribution is 5.87. The van der Waals surface area contributed by atoms with E-state index < -0.39 is 0 Å². The fourth-order valence-electron chi connectivity index (χ4n) is 2.36. The number of nitrogens with one attached hydrogen (secondary N) is 1. The van der Waals surface area contributed by atoms with E-state index in [1.165, 1.54) is 12.8 Å². The number of nitrogens with zero attached hydrogens (tertiary/aromatic N) is 4. The molecule has 1 saturated carbocycles. The Morgan fingerprint density at radius 3 is 2.95 bits per heavy atom. The van der Waals surface area contributed by atoms with Crippen molar-refractivity contribution in [1.29, 1.82) is 0 Å². The number of pyridine rings is 1. The maximum absolute atomic E-state index is 4.72. The second-order valence-corrected chi connectivity index (χ2v) is 5.15. The quantitative estimate of drug-likeness (QED) is 0.784. The Morgan fingerprint density at radius 2 is 2.15 bits per heavy atom. The van der Waals surface area contributed by atoms with Gasteiger partial charge in [-0.2, -0.15) is 5.10 Å². The van der Waals surface area contributed by atoms with Crippen LogP contribution >= 0.6 is 0 Å². The zero-order valence-corrected chi connectivity index (χ0v) is 11.0. The fourth-order valence-corrected chi connectivity index (χ4v) is 2.36. The number of hydrogen-bond acceptors (Lipinski definition) is 4. The molecule has 0 bridgehead atoms. The number of fused-ring (bicyclic) bond motifs is 1. The lowest BCUT2D eigenvalue weighted by atomic mass is 10.1. The smallest absolute Gasteiger partial charge is 0.138 e. The van der Waals surface area contributed by atoms with E-state index in [2.05, 4.69) is 27.5 Å². The van der Waals surface area contributed by atoms with E-state index in [1.807, 2.05) is 18.2 Å². The second kappa shape index (κ2) is 4.68. The number of para-hydroxylation sites is 1. The molecule has 1 fully saturated rings. The van der Waals surface area contributed by atoms with E-state index in [0.29, 0.717) is 6.04 Å². The first kappa shape index (κ1) is 11.5. The minimum absolute atomic E-state index is 0.679. The molecule has 0 saturated heterocycles. The molecular weight excluding hydrogens is 250 g/mol. The summed E-state index contributed by atoms with van der Waals surface area (Å²) in [5.74, 6) is 0. The van der Waals surface area contributed by atoms with E-state index in [-0.39, 0.29) is 0 Å². The molecule has 1 N–H and O–H groups in total. The molecule has 5 nitrogen and oxygen atoms in total. The Hall–Kier alpha value is -2.27. The van der Waals surface area contributed by atoms with Gasteiger partial charge in [-0.1, -0.05) is 18.2 Å². The SMILES string of the molecule is c1ccc2c(-n3cncn3)cc(CNC3CC3)nc2c1. The Labute approximate surface area is 116 Å². The average molecular weight is 265 g/mol. The molecule has 1 aliphatic rings. The number of hydrogen-bond donors (Lipinski definition) is 1. The van der Waals surface area contributed by atoms with Gasteiger partial charge in [-0.05, 0) is 25.0 Å². The lowest BCUT2D eigenvalue weighted by molar-refractivity contribution is 0.675. The molecule has 0 radical (unpaired) electrons. The number of benzene rings is 1. The first-order valence-electron chi connectivity index (χ1n) is 6.87. The van der Waals surface area contributed by atoms with Crippen LogP contribution in [0.25, 0.3) is 16.6 Å². The van der Waals surface area contributed by atoms with Crippen molar-refractivity contribution in [3.05, 3.63) is 48.7 Å². The summed E-state index contributed by atoms with van der Waals surface area (Å²) in [7, 11) is 0. The Balaban J connectivity index is 1.81. The van der Waals surface area contributed by atoms with Gasteiger partial charge in [-0.3, -0.25) is 4.98 Å². The number of aromatic nitrogens is 4. The van der Waals surface area contributed by atoms with Gasteiger partial charge in [0.15, 0.2) is 0 Å². The second-order valence-electron chi connectivity index (χ2n) is 5.15. The van der Waals surface area contributed by atoms with Gasteiger partial charge < -0.3 is 5.32 Å². The summed E-state index contributed by atoms with van der Waals surface area (Å²) in [5, 5.41) is 8.84. The molecule has 3 aromatic rings. The average Bonchev–Trinajstić information content (AvgIpc) is 3.16. The van der Waals surface area contributed by atoms with Crippen LogP contribution in [0.3, 0.4) is 0 Å². The molecule has 2 heterocycles. The molecular formula is C15H15N5. The van der Waals surface area contributed by atoms with Crippen LogP contribution in [0.15, 0.2) is 43.0 Å². The van der Waals surface area contributed by atoms with E-state index >= 15 is 0 Å². The van der Waals surface area contributed by atoms with Crippen molar-refractivity contribution in [3.63, 3.8) is 0 Å². The molecule has 1 aromatic carbocycles. The van der Waals surface area contributed by atoms with Crippen LogP contribution in [0, 0.1) is 0 Å². The molecule has 1 aliphatic carbocycles. The monoisotopic (exact) mass is 265 g/mol. The van der Waals surface area contributed by atoms with E-state index in [1.54, 1.807) is 17.3 Å². The maximum atomic E-state index is 4.72.